The predicted octanol–water partition coefficient (Wildman–Crippen LogP) is 3.11. The summed E-state index contributed by atoms with van der Waals surface area (Å²) in [6.45, 7) is 4.44. The third-order valence-corrected chi connectivity index (χ3v) is 5.87. The monoisotopic (exact) mass is 436 g/mol. The minimum Gasteiger partial charge on any atom is -0.365 e. The van der Waals surface area contributed by atoms with Gasteiger partial charge in [-0.1, -0.05) is 0 Å². The molecule has 9 heteroatoms. The second-order valence-corrected chi connectivity index (χ2v) is 8.26. The Morgan fingerprint density at radius 3 is 2.87 bits per heavy atom. The molecular weight excluding hydrogens is 409 g/mol. The average Bonchev–Trinajstić information content (AvgIpc) is 3.00. The summed E-state index contributed by atoms with van der Waals surface area (Å²) in [4.78, 5) is 18.8. The fraction of sp³-hybridized carbons (Fsp3) is 0.545. The standard InChI is InChI=1S/C22H27F3N4O2/c1-14-12-29(13-19(31-14)21(30)28-15-4-2-9-26-11-8-15)18-7-6-17(22(23,24)25)20-16(18)5-3-10-27-20/h3,5-7,10,14-15,19,26H,2,4,8-9,11-13H2,1H3,(H,28,30)/t14-,15?,19-/m1/s1. The van der Waals surface area contributed by atoms with Gasteiger partial charge in [0.15, 0.2) is 6.10 Å². The average molecular weight is 436 g/mol. The van der Waals surface area contributed by atoms with Crippen LogP contribution in [0, 0.1) is 0 Å². The molecule has 6 nitrogen and oxygen atoms in total. The molecule has 0 spiro atoms. The molecule has 2 N–H and O–H groups in total. The van der Waals surface area contributed by atoms with Crippen LogP contribution in [0.5, 0.6) is 0 Å². The van der Waals surface area contributed by atoms with E-state index in [-0.39, 0.29) is 30.1 Å². The van der Waals surface area contributed by atoms with Crippen molar-refractivity contribution in [3.05, 3.63) is 36.0 Å². The summed E-state index contributed by atoms with van der Waals surface area (Å²) in [5, 5.41) is 6.83. The molecule has 1 unspecified atom stereocenters. The number of amides is 1. The van der Waals surface area contributed by atoms with Gasteiger partial charge in [0.25, 0.3) is 5.91 Å². The molecule has 0 saturated carbocycles. The number of morpholine rings is 1. The minimum atomic E-state index is -4.49. The van der Waals surface area contributed by atoms with Crippen molar-refractivity contribution in [2.45, 2.75) is 50.6 Å². The van der Waals surface area contributed by atoms with Crippen molar-refractivity contribution in [1.29, 1.82) is 0 Å². The van der Waals surface area contributed by atoms with Gasteiger partial charge in [-0.05, 0) is 63.5 Å². The SMILES string of the molecule is C[C@@H]1CN(c2ccc(C(F)(F)F)c3ncccc23)C[C@H](C(=O)NC2CCCNCC2)O1. The zero-order chi connectivity index (χ0) is 22.0. The summed E-state index contributed by atoms with van der Waals surface area (Å²) in [5.74, 6) is -0.169. The Kier molecular flexibility index (Phi) is 6.34. The normalized spacial score (nSPS) is 25.3. The van der Waals surface area contributed by atoms with Crippen molar-refractivity contribution in [2.75, 3.05) is 31.1 Å². The zero-order valence-electron chi connectivity index (χ0n) is 17.4. The number of hydrogen-bond acceptors (Lipinski definition) is 5. The quantitative estimate of drug-likeness (QED) is 0.774. The number of carbonyl (C=O) groups excluding carboxylic acids is 1. The first-order chi connectivity index (χ1) is 14.8. The van der Waals surface area contributed by atoms with Gasteiger partial charge in [0.05, 0.1) is 23.7 Å². The molecule has 2 aromatic rings. The number of nitrogens with one attached hydrogen (secondary N) is 2. The summed E-state index contributed by atoms with van der Waals surface area (Å²) in [6, 6.07) is 5.91. The zero-order valence-corrected chi connectivity index (χ0v) is 17.4. The first-order valence-corrected chi connectivity index (χ1v) is 10.7. The molecule has 0 aliphatic carbocycles. The van der Waals surface area contributed by atoms with Crippen LogP contribution in [0.3, 0.4) is 0 Å². The van der Waals surface area contributed by atoms with Gasteiger partial charge in [-0.2, -0.15) is 13.2 Å². The van der Waals surface area contributed by atoms with E-state index in [0.29, 0.717) is 17.6 Å². The van der Waals surface area contributed by atoms with E-state index < -0.39 is 17.8 Å². The molecule has 3 heterocycles. The molecule has 2 aliphatic heterocycles. The van der Waals surface area contributed by atoms with Crippen LogP contribution in [-0.2, 0) is 15.7 Å². The van der Waals surface area contributed by atoms with Crippen LogP contribution in [0.15, 0.2) is 30.5 Å². The van der Waals surface area contributed by atoms with Gasteiger partial charge in [-0.25, -0.2) is 0 Å². The van der Waals surface area contributed by atoms with Gasteiger partial charge in [0.2, 0.25) is 0 Å². The van der Waals surface area contributed by atoms with Crippen molar-refractivity contribution in [3.8, 4) is 0 Å². The molecule has 1 aromatic heterocycles. The Morgan fingerprint density at radius 2 is 2.06 bits per heavy atom. The number of nitrogens with zero attached hydrogens (tertiary/aromatic N) is 2. The fourth-order valence-electron chi connectivity index (χ4n) is 4.41. The number of anilines is 1. The van der Waals surface area contributed by atoms with Crippen LogP contribution in [0.25, 0.3) is 10.9 Å². The minimum absolute atomic E-state index is 0.0846. The second-order valence-electron chi connectivity index (χ2n) is 8.26. The Hall–Kier alpha value is -2.39. The highest BCUT2D eigenvalue weighted by Gasteiger charge is 2.36. The van der Waals surface area contributed by atoms with Crippen LogP contribution >= 0.6 is 0 Å². The number of alkyl halides is 3. The largest absolute Gasteiger partial charge is 0.418 e. The van der Waals surface area contributed by atoms with Gasteiger partial charge in [0, 0.05) is 29.9 Å². The lowest BCUT2D eigenvalue weighted by molar-refractivity contribution is -0.138. The molecule has 4 rings (SSSR count). The predicted molar refractivity (Wildman–Crippen MR) is 112 cm³/mol. The van der Waals surface area contributed by atoms with Gasteiger partial charge in [-0.15, -0.1) is 0 Å². The first kappa shape index (κ1) is 21.8. The highest BCUT2D eigenvalue weighted by Crippen LogP contribution is 2.38. The summed E-state index contributed by atoms with van der Waals surface area (Å²) < 4.78 is 46.2. The molecule has 1 aromatic carbocycles. The van der Waals surface area contributed by atoms with Crippen molar-refractivity contribution in [3.63, 3.8) is 0 Å². The third kappa shape index (κ3) is 4.93. The van der Waals surface area contributed by atoms with Crippen LogP contribution < -0.4 is 15.5 Å². The lowest BCUT2D eigenvalue weighted by atomic mass is 10.0. The molecule has 168 valence electrons. The van der Waals surface area contributed by atoms with Crippen molar-refractivity contribution < 1.29 is 22.7 Å². The summed E-state index contributed by atoms with van der Waals surface area (Å²) >= 11 is 0. The highest BCUT2D eigenvalue weighted by atomic mass is 19.4. The molecule has 2 saturated heterocycles. The first-order valence-electron chi connectivity index (χ1n) is 10.7. The van der Waals surface area contributed by atoms with Gasteiger partial charge >= 0.3 is 6.18 Å². The summed E-state index contributed by atoms with van der Waals surface area (Å²) in [7, 11) is 0. The van der Waals surface area contributed by atoms with Crippen LogP contribution in [0.4, 0.5) is 18.9 Å². The highest BCUT2D eigenvalue weighted by molar-refractivity contribution is 5.94. The van der Waals surface area contributed by atoms with Crippen LogP contribution in [-0.4, -0.2) is 55.3 Å². The van der Waals surface area contributed by atoms with E-state index in [1.165, 1.54) is 12.3 Å². The van der Waals surface area contributed by atoms with E-state index >= 15 is 0 Å². The fourth-order valence-corrected chi connectivity index (χ4v) is 4.41. The molecule has 1 amide bonds. The van der Waals surface area contributed by atoms with E-state index in [2.05, 4.69) is 15.6 Å². The van der Waals surface area contributed by atoms with E-state index in [0.717, 1.165) is 38.4 Å². The molecule has 0 radical (unpaired) electrons. The van der Waals surface area contributed by atoms with E-state index in [1.807, 2.05) is 11.8 Å². The number of fused-ring (bicyclic) bond motifs is 1. The Bertz CT molecular complexity index is 929. The smallest absolute Gasteiger partial charge is 0.365 e. The van der Waals surface area contributed by atoms with Crippen molar-refractivity contribution in [1.82, 2.24) is 15.6 Å². The van der Waals surface area contributed by atoms with E-state index in [1.54, 1.807) is 12.1 Å². The number of carbonyl (C=O) groups is 1. The molecule has 0 bridgehead atoms. The molecular formula is C22H27F3N4O2. The van der Waals surface area contributed by atoms with Gasteiger partial charge in [-0.3, -0.25) is 9.78 Å². The molecule has 31 heavy (non-hydrogen) atoms. The number of pyridine rings is 1. The molecule has 3 atom stereocenters. The number of aromatic nitrogens is 1. The van der Waals surface area contributed by atoms with E-state index in [4.69, 9.17) is 4.74 Å². The van der Waals surface area contributed by atoms with Crippen molar-refractivity contribution in [2.24, 2.45) is 0 Å². The van der Waals surface area contributed by atoms with Crippen LogP contribution in [0.1, 0.15) is 31.7 Å². The molecule has 2 fully saturated rings. The maximum atomic E-state index is 13.4. The molecule has 2 aliphatic rings. The lowest BCUT2D eigenvalue weighted by Crippen LogP contribution is -2.54. The summed E-state index contributed by atoms with van der Waals surface area (Å²) in [5.41, 5.74) is -0.217. The summed E-state index contributed by atoms with van der Waals surface area (Å²) in [6.07, 6.45) is -1.26. The second kappa shape index (κ2) is 9.00. The van der Waals surface area contributed by atoms with Crippen LogP contribution in [0.2, 0.25) is 0 Å². The number of rotatable bonds is 3. The number of ether oxygens (including phenoxy) is 1. The lowest BCUT2D eigenvalue weighted by Gasteiger charge is -2.38. The maximum Gasteiger partial charge on any atom is 0.418 e. The Labute approximate surface area is 179 Å². The number of halogens is 3. The van der Waals surface area contributed by atoms with E-state index in [9.17, 15) is 18.0 Å². The Balaban J connectivity index is 1.57. The maximum absolute atomic E-state index is 13.4. The number of benzene rings is 1. The topological polar surface area (TPSA) is 66.5 Å². The van der Waals surface area contributed by atoms with Crippen molar-refractivity contribution >= 4 is 22.5 Å². The third-order valence-electron chi connectivity index (χ3n) is 5.87. The Morgan fingerprint density at radius 1 is 1.23 bits per heavy atom. The number of hydrogen-bond donors (Lipinski definition) is 2. The van der Waals surface area contributed by atoms with Gasteiger partial charge in [0.1, 0.15) is 0 Å². The van der Waals surface area contributed by atoms with Gasteiger partial charge < -0.3 is 20.3 Å².